The standard InChI is InChI=1S/C15H20FNO/c1-3-12-5-4-8-17(10-12)15(18)14-7-6-13(16)9-11(14)2/h6-7,9,12H,3-5,8,10H2,1-2H3. The van der Waals surface area contributed by atoms with E-state index < -0.39 is 0 Å². The van der Waals surface area contributed by atoms with Crippen LogP contribution in [0, 0.1) is 18.7 Å². The van der Waals surface area contributed by atoms with Crippen LogP contribution in [-0.4, -0.2) is 23.9 Å². The number of halogens is 1. The lowest BCUT2D eigenvalue weighted by Gasteiger charge is -2.32. The topological polar surface area (TPSA) is 20.3 Å². The van der Waals surface area contributed by atoms with Gasteiger partial charge in [-0.25, -0.2) is 4.39 Å². The predicted octanol–water partition coefficient (Wildman–Crippen LogP) is 3.40. The number of likely N-dealkylation sites (tertiary alicyclic amines) is 1. The van der Waals surface area contributed by atoms with Crippen LogP contribution in [0.15, 0.2) is 18.2 Å². The van der Waals surface area contributed by atoms with Crippen LogP contribution in [0.5, 0.6) is 0 Å². The second-order valence-corrected chi connectivity index (χ2v) is 5.13. The van der Waals surface area contributed by atoms with Crippen molar-refractivity contribution in [2.45, 2.75) is 33.1 Å². The number of amides is 1. The van der Waals surface area contributed by atoms with Gasteiger partial charge in [0.2, 0.25) is 0 Å². The molecule has 1 saturated heterocycles. The molecule has 1 fully saturated rings. The van der Waals surface area contributed by atoms with Gasteiger partial charge in [-0.3, -0.25) is 4.79 Å². The van der Waals surface area contributed by atoms with E-state index in [-0.39, 0.29) is 11.7 Å². The third kappa shape index (κ3) is 2.71. The number of piperidine rings is 1. The summed E-state index contributed by atoms with van der Waals surface area (Å²) in [7, 11) is 0. The summed E-state index contributed by atoms with van der Waals surface area (Å²) < 4.78 is 13.0. The minimum Gasteiger partial charge on any atom is -0.338 e. The van der Waals surface area contributed by atoms with Gasteiger partial charge in [0.25, 0.3) is 5.91 Å². The molecule has 0 spiro atoms. The smallest absolute Gasteiger partial charge is 0.254 e. The molecule has 1 unspecified atom stereocenters. The highest BCUT2D eigenvalue weighted by Gasteiger charge is 2.24. The summed E-state index contributed by atoms with van der Waals surface area (Å²) in [6, 6.07) is 4.39. The zero-order valence-electron chi connectivity index (χ0n) is 11.1. The second-order valence-electron chi connectivity index (χ2n) is 5.13. The first kappa shape index (κ1) is 13.1. The van der Waals surface area contributed by atoms with Crippen LogP contribution in [0.25, 0.3) is 0 Å². The maximum Gasteiger partial charge on any atom is 0.254 e. The van der Waals surface area contributed by atoms with Gasteiger partial charge in [-0.05, 0) is 49.4 Å². The largest absolute Gasteiger partial charge is 0.338 e. The summed E-state index contributed by atoms with van der Waals surface area (Å²) in [5.41, 5.74) is 1.35. The van der Waals surface area contributed by atoms with E-state index in [0.29, 0.717) is 11.5 Å². The van der Waals surface area contributed by atoms with Crippen LogP contribution in [0.4, 0.5) is 4.39 Å². The van der Waals surface area contributed by atoms with E-state index >= 15 is 0 Å². The lowest BCUT2D eigenvalue weighted by Crippen LogP contribution is -2.40. The zero-order chi connectivity index (χ0) is 13.1. The van der Waals surface area contributed by atoms with Gasteiger partial charge < -0.3 is 4.90 Å². The molecule has 1 aromatic carbocycles. The highest BCUT2D eigenvalue weighted by molar-refractivity contribution is 5.95. The maximum absolute atomic E-state index is 13.0. The molecule has 0 aromatic heterocycles. The van der Waals surface area contributed by atoms with E-state index in [0.717, 1.165) is 31.5 Å². The zero-order valence-corrected chi connectivity index (χ0v) is 11.1. The molecule has 1 aliphatic rings. The van der Waals surface area contributed by atoms with Crippen molar-refractivity contribution >= 4 is 5.91 Å². The Balaban J connectivity index is 2.15. The molecule has 0 bridgehead atoms. The number of aryl methyl sites for hydroxylation is 1. The Hall–Kier alpha value is -1.38. The van der Waals surface area contributed by atoms with Crippen molar-refractivity contribution in [3.8, 4) is 0 Å². The van der Waals surface area contributed by atoms with E-state index in [4.69, 9.17) is 0 Å². The fourth-order valence-electron chi connectivity index (χ4n) is 2.62. The Morgan fingerprint density at radius 1 is 1.50 bits per heavy atom. The van der Waals surface area contributed by atoms with E-state index in [2.05, 4.69) is 6.92 Å². The predicted molar refractivity (Wildman–Crippen MR) is 70.1 cm³/mol. The molecule has 2 nitrogen and oxygen atoms in total. The van der Waals surface area contributed by atoms with Crippen LogP contribution in [0.1, 0.15) is 42.1 Å². The van der Waals surface area contributed by atoms with Crippen molar-refractivity contribution in [2.24, 2.45) is 5.92 Å². The highest BCUT2D eigenvalue weighted by Crippen LogP contribution is 2.22. The van der Waals surface area contributed by atoms with Crippen LogP contribution < -0.4 is 0 Å². The molecular weight excluding hydrogens is 229 g/mol. The van der Waals surface area contributed by atoms with Crippen molar-refractivity contribution in [1.29, 1.82) is 0 Å². The average molecular weight is 249 g/mol. The summed E-state index contributed by atoms with van der Waals surface area (Å²) in [6.45, 7) is 5.62. The molecule has 0 radical (unpaired) electrons. The van der Waals surface area contributed by atoms with E-state index in [9.17, 15) is 9.18 Å². The Morgan fingerprint density at radius 2 is 2.28 bits per heavy atom. The molecule has 0 aliphatic carbocycles. The Bertz CT molecular complexity index is 444. The molecular formula is C15H20FNO. The number of carbonyl (C=O) groups excluding carboxylic acids is 1. The quantitative estimate of drug-likeness (QED) is 0.786. The van der Waals surface area contributed by atoms with Gasteiger partial charge in [0.05, 0.1) is 0 Å². The Morgan fingerprint density at radius 3 is 2.94 bits per heavy atom. The summed E-state index contributed by atoms with van der Waals surface area (Å²) in [6.07, 6.45) is 3.40. The number of rotatable bonds is 2. The summed E-state index contributed by atoms with van der Waals surface area (Å²) in [4.78, 5) is 14.3. The summed E-state index contributed by atoms with van der Waals surface area (Å²) in [5, 5.41) is 0. The average Bonchev–Trinajstić information content (AvgIpc) is 2.38. The number of hydrogen-bond donors (Lipinski definition) is 0. The van der Waals surface area contributed by atoms with Gasteiger partial charge in [-0.2, -0.15) is 0 Å². The fraction of sp³-hybridized carbons (Fsp3) is 0.533. The fourth-order valence-corrected chi connectivity index (χ4v) is 2.62. The Labute approximate surface area is 108 Å². The third-order valence-electron chi connectivity index (χ3n) is 3.80. The van der Waals surface area contributed by atoms with Gasteiger partial charge in [-0.15, -0.1) is 0 Å². The van der Waals surface area contributed by atoms with Crippen molar-refractivity contribution in [1.82, 2.24) is 4.90 Å². The number of benzene rings is 1. The van der Waals surface area contributed by atoms with Gasteiger partial charge in [0, 0.05) is 18.7 Å². The van der Waals surface area contributed by atoms with Gasteiger partial charge in [-0.1, -0.05) is 13.3 Å². The van der Waals surface area contributed by atoms with Crippen LogP contribution in [0.2, 0.25) is 0 Å². The molecule has 1 heterocycles. The number of hydrogen-bond acceptors (Lipinski definition) is 1. The van der Waals surface area contributed by atoms with Crippen molar-refractivity contribution in [2.75, 3.05) is 13.1 Å². The van der Waals surface area contributed by atoms with Crippen molar-refractivity contribution in [3.63, 3.8) is 0 Å². The molecule has 1 atom stereocenters. The van der Waals surface area contributed by atoms with E-state index in [1.807, 2.05) is 4.90 Å². The Kier molecular flexibility index (Phi) is 4.00. The molecule has 98 valence electrons. The minimum atomic E-state index is -0.283. The molecule has 1 amide bonds. The van der Waals surface area contributed by atoms with E-state index in [1.54, 1.807) is 13.0 Å². The van der Waals surface area contributed by atoms with Crippen LogP contribution in [0.3, 0.4) is 0 Å². The first-order chi connectivity index (χ1) is 8.61. The lowest BCUT2D eigenvalue weighted by molar-refractivity contribution is 0.0670. The molecule has 0 N–H and O–H groups in total. The SMILES string of the molecule is CCC1CCCN(C(=O)c2ccc(F)cc2C)C1. The summed E-state index contributed by atoms with van der Waals surface area (Å²) in [5.74, 6) is 0.378. The van der Waals surface area contributed by atoms with Gasteiger partial charge in [0.1, 0.15) is 5.82 Å². The maximum atomic E-state index is 13.0. The first-order valence-electron chi connectivity index (χ1n) is 6.67. The lowest BCUT2D eigenvalue weighted by atomic mass is 9.95. The first-order valence-corrected chi connectivity index (χ1v) is 6.67. The van der Waals surface area contributed by atoms with Gasteiger partial charge >= 0.3 is 0 Å². The molecule has 0 saturated carbocycles. The van der Waals surface area contributed by atoms with E-state index in [1.165, 1.54) is 18.6 Å². The van der Waals surface area contributed by atoms with Crippen LogP contribution in [-0.2, 0) is 0 Å². The highest BCUT2D eigenvalue weighted by atomic mass is 19.1. The third-order valence-corrected chi connectivity index (χ3v) is 3.80. The normalized spacial score (nSPS) is 19.9. The monoisotopic (exact) mass is 249 g/mol. The molecule has 3 heteroatoms. The molecule has 18 heavy (non-hydrogen) atoms. The summed E-state index contributed by atoms with van der Waals surface area (Å²) >= 11 is 0. The van der Waals surface area contributed by atoms with Crippen molar-refractivity contribution < 1.29 is 9.18 Å². The van der Waals surface area contributed by atoms with Crippen LogP contribution >= 0.6 is 0 Å². The second kappa shape index (κ2) is 5.51. The minimum absolute atomic E-state index is 0.0469. The van der Waals surface area contributed by atoms with Crippen molar-refractivity contribution in [3.05, 3.63) is 35.1 Å². The van der Waals surface area contributed by atoms with Gasteiger partial charge in [0.15, 0.2) is 0 Å². The molecule has 2 rings (SSSR count). The number of carbonyl (C=O) groups is 1. The molecule has 1 aliphatic heterocycles. The number of nitrogens with zero attached hydrogens (tertiary/aromatic N) is 1. The molecule has 1 aromatic rings.